The van der Waals surface area contributed by atoms with Crippen LogP contribution in [0.15, 0.2) is 97.3 Å². The molecular formula is C99H137F2N13O20S2. The highest BCUT2D eigenvalue weighted by atomic mass is 32.2. The monoisotopic (exact) mass is 1930 g/mol. The second-order valence-electron chi connectivity index (χ2n) is 35.6. The number of thioether (sulfide) groups is 2. The number of amides is 10. The Bertz CT molecular complexity index is 4980. The number of benzene rings is 4. The lowest BCUT2D eigenvalue weighted by atomic mass is 9.90. The van der Waals surface area contributed by atoms with Crippen molar-refractivity contribution in [1.82, 2.24) is 57.4 Å². The normalized spacial score (nSPS) is 20.7. The number of fused-ring (bicyclic) bond motifs is 5. The Morgan fingerprint density at radius 2 is 1.18 bits per heavy atom. The van der Waals surface area contributed by atoms with Gasteiger partial charge in [0.15, 0.2) is 11.6 Å². The fourth-order valence-corrected chi connectivity index (χ4v) is 18.8. The number of phenols is 1. The number of carbonyl (C=O) groups excluding carboxylic acids is 13. The molecule has 2 bridgehead atoms. The van der Waals surface area contributed by atoms with Gasteiger partial charge < -0.3 is 93.7 Å². The van der Waals surface area contributed by atoms with Crippen LogP contribution >= 0.6 is 23.5 Å². The number of rotatable bonds is 44. The largest absolute Gasteiger partial charge is 0.508 e. The Balaban J connectivity index is 1.01. The average molecular weight is 1930 g/mol. The topological polar surface area (TPSA) is 518 Å². The van der Waals surface area contributed by atoms with Crippen molar-refractivity contribution in [3.05, 3.63) is 137 Å². The number of primary amides is 1. The summed E-state index contributed by atoms with van der Waals surface area (Å²) in [6.45, 7) is 5.16. The number of ketones is 2. The number of carbonyl (C=O) groups is 15. The Morgan fingerprint density at radius 3 is 1.82 bits per heavy atom. The molecule has 0 unspecified atom stereocenters. The first kappa shape index (κ1) is 110. The first-order valence-electron chi connectivity index (χ1n) is 47.8. The number of phenolic OH excluding ortho intramolecular Hbond substituents is 1. The van der Waals surface area contributed by atoms with Crippen LogP contribution in [-0.2, 0) is 112 Å². The van der Waals surface area contributed by atoms with Gasteiger partial charge in [0.2, 0.25) is 59.1 Å². The molecule has 2 aliphatic heterocycles. The molecular weight excluding hydrogens is 1790 g/mol. The number of nitrogens with one attached hydrogen (secondary N) is 10. The zero-order valence-electron chi connectivity index (χ0n) is 78.3. The van der Waals surface area contributed by atoms with Gasteiger partial charge in [-0.15, -0.1) is 0 Å². The molecule has 4 aromatic carbocycles. The van der Waals surface area contributed by atoms with Crippen LogP contribution in [0.2, 0.25) is 0 Å². The number of H-pyrrole nitrogens is 2. The summed E-state index contributed by atoms with van der Waals surface area (Å²) in [7, 11) is 0. The Kier molecular flexibility index (Phi) is 47.2. The van der Waals surface area contributed by atoms with E-state index in [-0.39, 0.29) is 152 Å². The van der Waals surface area contributed by atoms with Gasteiger partial charge in [0.1, 0.15) is 59.7 Å². The van der Waals surface area contributed by atoms with E-state index in [2.05, 4.69) is 59.4 Å². The molecule has 0 saturated carbocycles. The number of nitrogens with two attached hydrogens (primary N) is 2. The van der Waals surface area contributed by atoms with Gasteiger partial charge in [-0.25, -0.2) is 13.6 Å². The van der Waals surface area contributed by atoms with Gasteiger partial charge in [-0.2, -0.15) is 23.5 Å². The van der Waals surface area contributed by atoms with Crippen molar-refractivity contribution in [3.8, 4) is 5.75 Å². The number of carboxylic acid groups (broad SMARTS) is 2. The number of aromatic nitrogens is 2. The van der Waals surface area contributed by atoms with Crippen molar-refractivity contribution >= 4 is 134 Å². The summed E-state index contributed by atoms with van der Waals surface area (Å²) in [4.78, 5) is 219. The first-order chi connectivity index (χ1) is 65.3. The number of aliphatic carboxylic acids is 2. The maximum absolute atomic E-state index is 15.5. The van der Waals surface area contributed by atoms with Gasteiger partial charge in [0.05, 0.1) is 31.7 Å². The van der Waals surface area contributed by atoms with Crippen molar-refractivity contribution in [2.75, 3.05) is 51.0 Å². The summed E-state index contributed by atoms with van der Waals surface area (Å²) in [5.74, 6) is -15.9. The number of ether oxygens (including phenoxy) is 2. The number of halogens is 2. The Labute approximate surface area is 801 Å². The van der Waals surface area contributed by atoms with Crippen molar-refractivity contribution in [2.24, 2.45) is 23.3 Å². The van der Waals surface area contributed by atoms with Crippen LogP contribution < -0.4 is 54.0 Å². The van der Waals surface area contributed by atoms with Crippen molar-refractivity contribution < 1.29 is 105 Å². The summed E-state index contributed by atoms with van der Waals surface area (Å²) >= 11 is 2.77. The minimum Gasteiger partial charge on any atom is -0.508 e. The van der Waals surface area contributed by atoms with Gasteiger partial charge in [-0.1, -0.05) is 133 Å². The molecule has 37 heteroatoms. The molecule has 0 aliphatic carbocycles. The molecule has 2 aromatic heterocycles. The fraction of sp³-hybridized carbons (Fsp3) is 0.566. The fourth-order valence-electron chi connectivity index (χ4n) is 16.9. The zero-order valence-corrected chi connectivity index (χ0v) is 79.9. The lowest BCUT2D eigenvalue weighted by molar-refractivity contribution is -0.147. The molecule has 0 spiro atoms. The number of Topliss-reactive ketones (excluding diaryl/α,β-unsaturated/α-hetero) is 2. The standard InChI is InChI=1S/C99H137F2N13O20S2/c1-4-5-6-7-8-9-10-11-12-13-14-15-18-28-87(119)109-79(97(130)131)38-39-86(118)104-43-45-133-46-47-134-90(123)29-19-16-17-26-67-53-85(117)80(57-89(121)122)110-95(128)81(52-70-59-106-77-37-33-72(101)56-75(70)77)111-93(126)68(51-69-58-105-76-36-32-71(100)55-74(69)76)54-84(116)63(2)107-94(127)78(27-20-21-42-102)108-88(120)40-48-135-60-65-24-22-25-66(49-65)61-136-62-83(91(103)124)113-98(132)99(3)41-23-44-114(99)96(129)82(112-92(67)125)50-64-30-34-73(115)35-31-64/h22,24-25,30-37,49,55-56,58-59,63,67-68,78-83,105-106,115H,4-21,23,26-29,38-48,50-54,57,60-62,102H2,1-3H3,(H2,103,124)(H,104,118)(H,107,127)(H,108,120)(H,109,119)(H,110,128)(H,111,126)(H,112,125)(H,113,132)(H,121,122)(H,130,131)/t63-,67-,68-,78+,79+,80+,81+,82+,83+,99+/m1/s1. The van der Waals surface area contributed by atoms with Gasteiger partial charge in [0, 0.05) is 134 Å². The number of aromatic amines is 2. The number of hydrogen-bond donors (Lipinski definition) is 15. The molecule has 8 rings (SSSR count). The smallest absolute Gasteiger partial charge is 0.326 e. The van der Waals surface area contributed by atoms with E-state index in [4.69, 9.17) is 20.9 Å². The van der Waals surface area contributed by atoms with E-state index in [1.807, 2.05) is 24.3 Å². The summed E-state index contributed by atoms with van der Waals surface area (Å²) in [6, 6.07) is 10.7. The minimum atomic E-state index is -2.00. The molecule has 136 heavy (non-hydrogen) atoms. The summed E-state index contributed by atoms with van der Waals surface area (Å²) in [5.41, 5.74) is 13.8. The van der Waals surface area contributed by atoms with Gasteiger partial charge in [-0.3, -0.25) is 67.1 Å². The lowest BCUT2D eigenvalue weighted by Gasteiger charge is -2.37. The lowest BCUT2D eigenvalue weighted by Crippen LogP contribution is -2.62. The highest BCUT2D eigenvalue weighted by Gasteiger charge is 2.49. The molecule has 0 radical (unpaired) electrons. The van der Waals surface area contributed by atoms with Crippen LogP contribution in [0.25, 0.3) is 21.8 Å². The van der Waals surface area contributed by atoms with Crippen LogP contribution in [0, 0.1) is 23.5 Å². The van der Waals surface area contributed by atoms with Gasteiger partial charge >= 0.3 is 17.9 Å². The molecule has 1 fully saturated rings. The Morgan fingerprint density at radius 1 is 0.596 bits per heavy atom. The van der Waals surface area contributed by atoms with E-state index in [1.54, 1.807) is 0 Å². The SMILES string of the molecule is CCCCCCCCCCCCCCCC(=O)N[C@@H](CCC(=O)NCCOCCOC(=O)CCCCC[C@@H]1CC(=O)[C@H](CC(=O)O)NC(=O)[C@H](Cc2c[nH]c3ccc(F)cc23)NC(=O)[C@H](Cc2c[nH]c3ccc(F)cc23)CC(=O)[C@@H](C)NC(=O)[C@H](CCCCN)NC(=O)CCSCc2cccc(c2)CSC[C@@H](C(N)=O)NC(=O)[C@]2(C)CCCN2C(=O)[C@H](Cc2ccc(O)cc2)NC1=O)C(=O)O. The highest BCUT2D eigenvalue weighted by molar-refractivity contribution is 7.98. The number of esters is 1. The van der Waals surface area contributed by atoms with Crippen molar-refractivity contribution in [2.45, 2.75) is 292 Å². The van der Waals surface area contributed by atoms with E-state index in [9.17, 15) is 63.3 Å². The molecule has 10 atom stereocenters. The quantitative estimate of drug-likeness (QED) is 0.0125. The first-order valence-corrected chi connectivity index (χ1v) is 50.1. The molecule has 4 heterocycles. The van der Waals surface area contributed by atoms with Crippen molar-refractivity contribution in [3.63, 3.8) is 0 Å². The van der Waals surface area contributed by atoms with Crippen LogP contribution in [0.3, 0.4) is 0 Å². The maximum atomic E-state index is 15.5. The molecule has 10 amide bonds. The summed E-state index contributed by atoms with van der Waals surface area (Å²) < 4.78 is 41.3. The van der Waals surface area contributed by atoms with E-state index in [1.165, 1.54) is 167 Å². The molecule has 744 valence electrons. The molecule has 17 N–H and O–H groups in total. The van der Waals surface area contributed by atoms with Gasteiger partial charge in [0.25, 0.3) is 0 Å². The molecule has 33 nitrogen and oxygen atoms in total. The minimum absolute atomic E-state index is 0.00264. The molecule has 1 saturated heterocycles. The number of unbranched alkanes of at least 4 members (excludes halogenated alkanes) is 15. The summed E-state index contributed by atoms with van der Waals surface area (Å²) in [6.07, 6.45) is 15.6. The van der Waals surface area contributed by atoms with Crippen LogP contribution in [0.4, 0.5) is 8.78 Å². The Hall–Kier alpha value is -11.3. The van der Waals surface area contributed by atoms with E-state index >= 15 is 32.8 Å². The van der Waals surface area contributed by atoms with E-state index < -0.39 is 186 Å². The predicted octanol–water partition coefficient (Wildman–Crippen LogP) is 10.2. The third-order valence-corrected chi connectivity index (χ3v) is 26.9. The van der Waals surface area contributed by atoms with Crippen molar-refractivity contribution in [1.29, 1.82) is 0 Å². The predicted molar refractivity (Wildman–Crippen MR) is 513 cm³/mol. The van der Waals surface area contributed by atoms with Crippen LogP contribution in [0.1, 0.15) is 241 Å². The maximum Gasteiger partial charge on any atom is 0.326 e. The van der Waals surface area contributed by atoms with Crippen LogP contribution in [-0.4, -0.2) is 218 Å². The highest BCUT2D eigenvalue weighted by Crippen LogP contribution is 2.33. The zero-order chi connectivity index (χ0) is 98.5. The second kappa shape index (κ2) is 58.3. The molecule has 2 aliphatic rings. The summed E-state index contributed by atoms with van der Waals surface area (Å²) in [5, 5.41) is 52.9. The van der Waals surface area contributed by atoms with Crippen LogP contribution in [0.5, 0.6) is 5.75 Å². The second-order valence-corrected chi connectivity index (χ2v) is 37.8. The third kappa shape index (κ3) is 37.6. The average Bonchev–Trinajstić information content (AvgIpc) is 1.63. The number of carboxylic acids is 2. The number of hydrogen-bond acceptors (Lipinski definition) is 21. The molecule has 6 aromatic rings. The number of aromatic hydroxyl groups is 1. The van der Waals surface area contributed by atoms with E-state index in [0.717, 1.165) is 36.8 Å². The van der Waals surface area contributed by atoms with Gasteiger partial charge in [-0.05, 0) is 161 Å². The van der Waals surface area contributed by atoms with E-state index in [0.29, 0.717) is 64.1 Å². The third-order valence-electron chi connectivity index (χ3n) is 24.8. The number of nitrogens with zero attached hydrogens (tertiary/aromatic N) is 1.